The smallest absolute Gasteiger partial charge is 0.0856 e. The summed E-state index contributed by atoms with van der Waals surface area (Å²) >= 11 is 0. The number of fused-ring (bicyclic) bond motifs is 1. The van der Waals surface area contributed by atoms with Crippen LogP contribution in [0, 0.1) is 0 Å². The molecule has 3 heteroatoms. The van der Waals surface area contributed by atoms with Crippen molar-refractivity contribution in [3.05, 3.63) is 11.4 Å². The summed E-state index contributed by atoms with van der Waals surface area (Å²) in [4.78, 5) is 0. The van der Waals surface area contributed by atoms with Crippen molar-refractivity contribution in [3.8, 4) is 0 Å². The van der Waals surface area contributed by atoms with Crippen LogP contribution in [0.3, 0.4) is 0 Å². The first-order valence-electron chi connectivity index (χ1n) is 4.77. The van der Waals surface area contributed by atoms with Crippen molar-refractivity contribution in [2.75, 3.05) is 0 Å². The fourth-order valence-corrected chi connectivity index (χ4v) is 1.26. The van der Waals surface area contributed by atoms with E-state index in [1.54, 1.807) is 0 Å². The molecule has 0 amide bonds. The van der Waals surface area contributed by atoms with Crippen molar-refractivity contribution in [1.29, 1.82) is 0 Å². The lowest BCUT2D eigenvalue weighted by Crippen LogP contribution is -2.00. The number of nitrogens with one attached hydrogen (secondary N) is 1. The molecule has 0 unspecified atom stereocenters. The van der Waals surface area contributed by atoms with E-state index in [0.717, 1.165) is 12.8 Å². The molecule has 12 heavy (non-hydrogen) atoms. The van der Waals surface area contributed by atoms with E-state index in [9.17, 15) is 0 Å². The zero-order chi connectivity index (χ0) is 8.81. The molecule has 0 saturated heterocycles. The van der Waals surface area contributed by atoms with Gasteiger partial charge >= 0.3 is 0 Å². The van der Waals surface area contributed by atoms with E-state index >= 15 is 0 Å². The van der Waals surface area contributed by atoms with Crippen molar-refractivity contribution in [2.45, 2.75) is 46.0 Å². The molecule has 0 bridgehead atoms. The summed E-state index contributed by atoms with van der Waals surface area (Å²) < 4.78 is 0. The maximum absolute atomic E-state index is 4.02. The minimum Gasteiger partial charge on any atom is -0.197 e. The lowest BCUT2D eigenvalue weighted by Gasteiger charge is -2.05. The molecule has 3 nitrogen and oxygen atoms in total. The van der Waals surface area contributed by atoms with Gasteiger partial charge in [0, 0.05) is 0 Å². The molecule has 0 atom stereocenters. The fraction of sp³-hybridized carbons (Fsp3) is 0.778. The molecule has 68 valence electrons. The summed E-state index contributed by atoms with van der Waals surface area (Å²) in [6.07, 6.45) is 6.04. The number of hydrogen-bond donors (Lipinski definition) is 1. The molecule has 0 radical (unpaired) electrons. The summed E-state index contributed by atoms with van der Waals surface area (Å²) in [7, 11) is 0. The van der Waals surface area contributed by atoms with Crippen molar-refractivity contribution in [2.24, 2.45) is 0 Å². The lowest BCUT2D eigenvalue weighted by atomic mass is 10.0. The zero-order valence-corrected chi connectivity index (χ0v) is 7.93. The Kier molecular flexibility index (Phi) is 3.77. The van der Waals surface area contributed by atoms with Crippen LogP contribution >= 0.6 is 0 Å². The highest BCUT2D eigenvalue weighted by atomic mass is 15.3. The topological polar surface area (TPSA) is 41.6 Å². The summed E-state index contributed by atoms with van der Waals surface area (Å²) in [5, 5.41) is 10.7. The third kappa shape index (κ3) is 2.32. The van der Waals surface area contributed by atoms with E-state index in [0.29, 0.717) is 0 Å². The van der Waals surface area contributed by atoms with Gasteiger partial charge in [0.2, 0.25) is 0 Å². The van der Waals surface area contributed by atoms with Crippen molar-refractivity contribution < 1.29 is 0 Å². The highest BCUT2D eigenvalue weighted by Gasteiger charge is 2.11. The summed E-state index contributed by atoms with van der Waals surface area (Å²) in [5.41, 5.74) is 2.36. The largest absolute Gasteiger partial charge is 0.197 e. The molecule has 1 aliphatic rings. The Labute approximate surface area is 73.6 Å². The van der Waals surface area contributed by atoms with E-state index in [1.165, 1.54) is 30.7 Å². The van der Waals surface area contributed by atoms with E-state index < -0.39 is 0 Å². The lowest BCUT2D eigenvalue weighted by molar-refractivity contribution is 0.667. The number of nitrogens with zero attached hydrogens (tertiary/aromatic N) is 2. The Bertz CT molecular complexity index is 197. The molecule has 1 N–H and O–H groups in total. The minimum atomic E-state index is 1.12. The first kappa shape index (κ1) is 9.23. The molecule has 0 aromatic carbocycles. The number of aryl methyl sites for hydroxylation is 2. The van der Waals surface area contributed by atoms with E-state index in [4.69, 9.17) is 0 Å². The van der Waals surface area contributed by atoms with Gasteiger partial charge in [-0.05, 0) is 25.7 Å². The van der Waals surface area contributed by atoms with Gasteiger partial charge in [0.05, 0.1) is 11.4 Å². The van der Waals surface area contributed by atoms with Crippen LogP contribution < -0.4 is 0 Å². The predicted molar refractivity (Wildman–Crippen MR) is 49.0 cm³/mol. The van der Waals surface area contributed by atoms with Gasteiger partial charge in [0.15, 0.2) is 0 Å². The first-order valence-corrected chi connectivity index (χ1v) is 4.77. The predicted octanol–water partition coefficient (Wildman–Crippen LogP) is 2.10. The van der Waals surface area contributed by atoms with Gasteiger partial charge in [-0.25, -0.2) is 0 Å². The fourth-order valence-electron chi connectivity index (χ4n) is 1.26. The molecular weight excluding hydrogens is 150 g/mol. The molecule has 1 heterocycles. The Hall–Kier alpha value is -0.860. The van der Waals surface area contributed by atoms with Crippen LogP contribution in [0.15, 0.2) is 0 Å². The van der Waals surface area contributed by atoms with Gasteiger partial charge in [0.25, 0.3) is 0 Å². The highest BCUT2D eigenvalue weighted by molar-refractivity contribution is 5.11. The van der Waals surface area contributed by atoms with Crippen LogP contribution in [0.1, 0.15) is 44.5 Å². The van der Waals surface area contributed by atoms with Crippen LogP contribution in [0.5, 0.6) is 0 Å². The Morgan fingerprint density at radius 1 is 1.08 bits per heavy atom. The quantitative estimate of drug-likeness (QED) is 0.643. The van der Waals surface area contributed by atoms with E-state index in [-0.39, 0.29) is 0 Å². The Balaban J connectivity index is 0.000000213. The van der Waals surface area contributed by atoms with Crippen molar-refractivity contribution in [3.63, 3.8) is 0 Å². The number of H-pyrrole nitrogens is 1. The Morgan fingerprint density at radius 3 is 1.92 bits per heavy atom. The van der Waals surface area contributed by atoms with Gasteiger partial charge in [-0.15, -0.1) is 0 Å². The number of hydrogen-bond acceptors (Lipinski definition) is 2. The van der Waals surface area contributed by atoms with Crippen LogP contribution in [0.4, 0.5) is 0 Å². The van der Waals surface area contributed by atoms with Crippen LogP contribution in [-0.2, 0) is 12.8 Å². The van der Waals surface area contributed by atoms with Crippen molar-refractivity contribution in [1.82, 2.24) is 15.4 Å². The van der Waals surface area contributed by atoms with E-state index in [1.807, 2.05) is 0 Å². The average Bonchev–Trinajstić information content (AvgIpc) is 2.52. The van der Waals surface area contributed by atoms with Crippen LogP contribution in [0.25, 0.3) is 0 Å². The van der Waals surface area contributed by atoms with Gasteiger partial charge in [-0.2, -0.15) is 15.4 Å². The maximum atomic E-state index is 4.02. The Morgan fingerprint density at radius 2 is 1.50 bits per heavy atom. The standard InChI is InChI=1S/C6H9N3.C3H8/c1-2-4-6-5(3-1)7-9-8-6;1-3-2/h1-4H2,(H,7,8,9);3H2,1-2H3. The zero-order valence-electron chi connectivity index (χ0n) is 7.93. The van der Waals surface area contributed by atoms with Gasteiger partial charge in [-0.3, -0.25) is 0 Å². The normalized spacial score (nSPS) is 14.5. The first-order chi connectivity index (χ1) is 5.88. The molecule has 2 rings (SSSR count). The van der Waals surface area contributed by atoms with Gasteiger partial charge in [0.1, 0.15) is 0 Å². The number of rotatable bonds is 0. The summed E-state index contributed by atoms with van der Waals surface area (Å²) in [6.45, 7) is 4.25. The van der Waals surface area contributed by atoms with Gasteiger partial charge < -0.3 is 0 Å². The number of aromatic nitrogens is 3. The van der Waals surface area contributed by atoms with Crippen molar-refractivity contribution >= 4 is 0 Å². The molecule has 1 aromatic heterocycles. The molecular formula is C9H17N3. The minimum absolute atomic E-state index is 1.12. The second-order valence-electron chi connectivity index (χ2n) is 3.13. The SMILES string of the molecule is C1CCc2n[nH]nc2C1.CCC. The molecule has 0 fully saturated rings. The third-order valence-corrected chi connectivity index (χ3v) is 1.78. The molecule has 1 aliphatic carbocycles. The second-order valence-corrected chi connectivity index (χ2v) is 3.13. The maximum Gasteiger partial charge on any atom is 0.0856 e. The average molecular weight is 167 g/mol. The highest BCUT2D eigenvalue weighted by Crippen LogP contribution is 2.15. The second kappa shape index (κ2) is 4.91. The molecule has 0 aliphatic heterocycles. The molecule has 1 aromatic rings. The van der Waals surface area contributed by atoms with Crippen LogP contribution in [-0.4, -0.2) is 15.4 Å². The molecule has 0 spiro atoms. The number of aromatic amines is 1. The molecule has 0 saturated carbocycles. The van der Waals surface area contributed by atoms with E-state index in [2.05, 4.69) is 29.3 Å². The van der Waals surface area contributed by atoms with Crippen LogP contribution in [0.2, 0.25) is 0 Å². The summed E-state index contributed by atoms with van der Waals surface area (Å²) in [5.74, 6) is 0. The summed E-state index contributed by atoms with van der Waals surface area (Å²) in [6, 6.07) is 0. The van der Waals surface area contributed by atoms with Gasteiger partial charge in [-0.1, -0.05) is 20.3 Å². The monoisotopic (exact) mass is 167 g/mol. The third-order valence-electron chi connectivity index (χ3n) is 1.78.